The van der Waals surface area contributed by atoms with Crippen molar-refractivity contribution in [1.82, 2.24) is 29.1 Å². The molecule has 4 aromatic rings. The van der Waals surface area contributed by atoms with E-state index in [4.69, 9.17) is 5.73 Å². The summed E-state index contributed by atoms with van der Waals surface area (Å²) in [4.78, 5) is 13.8. The number of pyridine rings is 1. The number of rotatable bonds is 4. The predicted molar refractivity (Wildman–Crippen MR) is 118 cm³/mol. The summed E-state index contributed by atoms with van der Waals surface area (Å²) in [6.45, 7) is 6.35. The molecule has 1 fully saturated rings. The molecule has 1 aliphatic rings. The quantitative estimate of drug-likeness (QED) is 0.538. The number of nitrogens with one attached hydrogen (secondary N) is 1. The summed E-state index contributed by atoms with van der Waals surface area (Å²) in [6, 6.07) is 5.28. The van der Waals surface area contributed by atoms with Gasteiger partial charge in [0.15, 0.2) is 5.65 Å². The summed E-state index contributed by atoms with van der Waals surface area (Å²) in [5.41, 5.74) is 10.9. The van der Waals surface area contributed by atoms with Gasteiger partial charge in [0.2, 0.25) is 5.95 Å². The molecular formula is C22H28N8. The van der Waals surface area contributed by atoms with E-state index in [1.54, 1.807) is 0 Å². The molecule has 3 N–H and O–H groups in total. The van der Waals surface area contributed by atoms with Crippen LogP contribution in [-0.4, -0.2) is 41.2 Å². The lowest BCUT2D eigenvalue weighted by atomic mass is 9.92. The van der Waals surface area contributed by atoms with E-state index in [2.05, 4.69) is 55.9 Å². The van der Waals surface area contributed by atoms with Gasteiger partial charge in [-0.1, -0.05) is 0 Å². The molecule has 4 heterocycles. The van der Waals surface area contributed by atoms with Gasteiger partial charge >= 0.3 is 0 Å². The highest BCUT2D eigenvalue weighted by atomic mass is 15.3. The van der Waals surface area contributed by atoms with Crippen LogP contribution in [-0.2, 0) is 0 Å². The minimum Gasteiger partial charge on any atom is -0.350 e. The summed E-state index contributed by atoms with van der Waals surface area (Å²) >= 11 is 0. The first-order chi connectivity index (χ1) is 14.5. The van der Waals surface area contributed by atoms with Crippen LogP contribution >= 0.6 is 0 Å². The fourth-order valence-electron chi connectivity index (χ4n) is 4.55. The van der Waals surface area contributed by atoms with Crippen LogP contribution in [0.15, 0.2) is 30.7 Å². The number of fused-ring (bicyclic) bond motifs is 2. The zero-order chi connectivity index (χ0) is 20.8. The van der Waals surface area contributed by atoms with E-state index in [1.165, 1.54) is 0 Å². The first kappa shape index (κ1) is 19.0. The number of hydrogen-bond acceptors (Lipinski definition) is 6. The third kappa shape index (κ3) is 3.31. The third-order valence-electron chi connectivity index (χ3n) is 6.07. The second kappa shape index (κ2) is 7.36. The van der Waals surface area contributed by atoms with Gasteiger partial charge in [0.25, 0.3) is 0 Å². The van der Waals surface area contributed by atoms with Gasteiger partial charge in [-0.25, -0.2) is 19.5 Å². The van der Waals surface area contributed by atoms with E-state index < -0.39 is 0 Å². The molecule has 30 heavy (non-hydrogen) atoms. The van der Waals surface area contributed by atoms with Gasteiger partial charge in [0.05, 0.1) is 17.2 Å². The molecule has 1 saturated carbocycles. The topological polar surface area (TPSA) is 98.9 Å². The second-order valence-electron chi connectivity index (χ2n) is 8.59. The second-order valence-corrected chi connectivity index (χ2v) is 8.59. The van der Waals surface area contributed by atoms with Crippen LogP contribution in [0.2, 0.25) is 0 Å². The fourth-order valence-corrected chi connectivity index (χ4v) is 4.55. The van der Waals surface area contributed by atoms with Crippen molar-refractivity contribution in [2.45, 2.75) is 64.6 Å². The van der Waals surface area contributed by atoms with Crippen molar-refractivity contribution in [3.05, 3.63) is 36.5 Å². The van der Waals surface area contributed by atoms with Crippen molar-refractivity contribution in [3.63, 3.8) is 0 Å². The van der Waals surface area contributed by atoms with Crippen LogP contribution in [0.1, 0.15) is 51.4 Å². The zero-order valence-corrected chi connectivity index (χ0v) is 17.7. The number of aromatic nitrogens is 6. The van der Waals surface area contributed by atoms with E-state index in [1.807, 2.05) is 30.0 Å². The Morgan fingerprint density at radius 1 is 1.10 bits per heavy atom. The molecule has 0 unspecified atom stereocenters. The lowest BCUT2D eigenvalue weighted by Crippen LogP contribution is -2.33. The Labute approximate surface area is 175 Å². The van der Waals surface area contributed by atoms with Crippen LogP contribution in [0.25, 0.3) is 27.8 Å². The minimum absolute atomic E-state index is 0.323. The summed E-state index contributed by atoms with van der Waals surface area (Å²) in [7, 11) is 0. The summed E-state index contributed by atoms with van der Waals surface area (Å²) in [5.74, 6) is 1.64. The third-order valence-corrected chi connectivity index (χ3v) is 6.07. The number of hydrogen-bond donors (Lipinski definition) is 2. The van der Waals surface area contributed by atoms with E-state index in [0.29, 0.717) is 24.1 Å². The van der Waals surface area contributed by atoms with Gasteiger partial charge in [-0.2, -0.15) is 0 Å². The normalized spacial score (nSPS) is 19.8. The Morgan fingerprint density at radius 3 is 2.67 bits per heavy atom. The highest BCUT2D eigenvalue weighted by molar-refractivity contribution is 5.85. The van der Waals surface area contributed by atoms with Crippen LogP contribution in [0.3, 0.4) is 0 Å². The molecule has 0 bridgehead atoms. The monoisotopic (exact) mass is 404 g/mol. The van der Waals surface area contributed by atoms with Gasteiger partial charge < -0.3 is 15.6 Å². The number of anilines is 1. The maximum absolute atomic E-state index is 6.01. The maximum atomic E-state index is 6.01. The molecule has 0 saturated heterocycles. The Morgan fingerprint density at radius 2 is 1.90 bits per heavy atom. The molecule has 8 nitrogen and oxygen atoms in total. The molecule has 1 aliphatic carbocycles. The van der Waals surface area contributed by atoms with E-state index >= 15 is 0 Å². The molecule has 5 rings (SSSR count). The maximum Gasteiger partial charge on any atom is 0.241 e. The number of nitrogens with zero attached hydrogens (tertiary/aromatic N) is 6. The van der Waals surface area contributed by atoms with E-state index in [-0.39, 0.29) is 0 Å². The average molecular weight is 405 g/mol. The van der Waals surface area contributed by atoms with Crippen LogP contribution in [0.5, 0.6) is 0 Å². The lowest BCUT2D eigenvalue weighted by Gasteiger charge is -2.26. The molecule has 8 heteroatoms. The Balaban J connectivity index is 1.47. The largest absolute Gasteiger partial charge is 0.350 e. The van der Waals surface area contributed by atoms with Gasteiger partial charge in [0.1, 0.15) is 5.82 Å². The first-order valence-corrected chi connectivity index (χ1v) is 10.7. The number of nitrogens with two attached hydrogens (primary N) is 1. The fraction of sp³-hybridized carbons (Fsp3) is 0.455. The van der Waals surface area contributed by atoms with Crippen molar-refractivity contribution in [2.24, 2.45) is 5.73 Å². The Hall–Kier alpha value is -3.00. The smallest absolute Gasteiger partial charge is 0.241 e. The van der Waals surface area contributed by atoms with Gasteiger partial charge in [-0.3, -0.25) is 0 Å². The SMILES string of the molecule is Cc1nc2ncc(-c3ccn4nc(NC5CCC(N)CC5)ncc34)cc2n1C(C)C. The lowest BCUT2D eigenvalue weighted by molar-refractivity contribution is 0.409. The van der Waals surface area contributed by atoms with E-state index in [9.17, 15) is 0 Å². The highest BCUT2D eigenvalue weighted by Crippen LogP contribution is 2.29. The molecule has 4 aromatic heterocycles. The molecule has 156 valence electrons. The Bertz CT molecular complexity index is 1200. The molecular weight excluding hydrogens is 376 g/mol. The molecule has 0 spiro atoms. The molecule has 0 atom stereocenters. The first-order valence-electron chi connectivity index (χ1n) is 10.7. The van der Waals surface area contributed by atoms with Gasteiger partial charge in [-0.15, -0.1) is 5.10 Å². The van der Waals surface area contributed by atoms with Crippen molar-refractivity contribution in [2.75, 3.05) is 5.32 Å². The molecule has 0 radical (unpaired) electrons. The van der Waals surface area contributed by atoms with Crippen LogP contribution in [0, 0.1) is 6.92 Å². The van der Waals surface area contributed by atoms with Crippen molar-refractivity contribution in [3.8, 4) is 11.1 Å². The molecule has 0 amide bonds. The van der Waals surface area contributed by atoms with Crippen molar-refractivity contribution < 1.29 is 0 Å². The minimum atomic E-state index is 0.323. The summed E-state index contributed by atoms with van der Waals surface area (Å²) in [5, 5.41) is 8.14. The van der Waals surface area contributed by atoms with E-state index in [0.717, 1.165) is 59.3 Å². The molecule has 0 aliphatic heterocycles. The van der Waals surface area contributed by atoms with Gasteiger partial charge in [-0.05, 0) is 58.6 Å². The van der Waals surface area contributed by atoms with Crippen LogP contribution < -0.4 is 11.1 Å². The van der Waals surface area contributed by atoms with Crippen molar-refractivity contribution >= 4 is 22.6 Å². The molecule has 0 aromatic carbocycles. The zero-order valence-electron chi connectivity index (χ0n) is 17.7. The summed E-state index contributed by atoms with van der Waals surface area (Å²) < 4.78 is 4.10. The standard InChI is InChI=1S/C22H28N8/c1-13(2)30-14(3)26-21-19(30)10-15(11-24-21)18-8-9-29-20(18)12-25-22(28-29)27-17-6-4-16(23)5-7-17/h8-13,16-17H,4-7,23H2,1-3H3,(H,27,28). The number of imidazole rings is 1. The van der Waals surface area contributed by atoms with Gasteiger partial charge in [0, 0.05) is 41.6 Å². The predicted octanol–water partition coefficient (Wildman–Crippen LogP) is 3.71. The number of aryl methyl sites for hydroxylation is 1. The average Bonchev–Trinajstić information content (AvgIpc) is 3.28. The van der Waals surface area contributed by atoms with Crippen molar-refractivity contribution in [1.29, 1.82) is 0 Å². The van der Waals surface area contributed by atoms with Crippen LogP contribution in [0.4, 0.5) is 5.95 Å². The highest BCUT2D eigenvalue weighted by Gasteiger charge is 2.19. The Kier molecular flexibility index (Phi) is 4.66. The summed E-state index contributed by atoms with van der Waals surface area (Å²) in [6.07, 6.45) is 9.97.